The van der Waals surface area contributed by atoms with Crippen LogP contribution >= 0.6 is 0 Å². The molecule has 1 unspecified atom stereocenters. The van der Waals surface area contributed by atoms with E-state index >= 15 is 0 Å². The number of rotatable bonds is 10. The number of carbonyl (C=O) groups is 2. The third-order valence-electron chi connectivity index (χ3n) is 5.55. The molecule has 1 aliphatic heterocycles. The zero-order chi connectivity index (χ0) is 34.8. The van der Waals surface area contributed by atoms with E-state index in [0.717, 1.165) is 32.1 Å². The maximum Gasteiger partial charge on any atom is 0.253 e. The fraction of sp³-hybridized carbons (Fsp3) is 0.222. The molecular weight excluding hydrogens is 587 g/mol. The molecule has 1 rings (SSSR count). The molecule has 0 aliphatic carbocycles. The van der Waals surface area contributed by atoms with Crippen LogP contribution < -0.4 is 0 Å². The van der Waals surface area contributed by atoms with Crippen LogP contribution in [0.1, 0.15) is 51.9 Å². The first kappa shape index (κ1) is 38.3. The Morgan fingerprint density at radius 3 is 1.56 bits per heavy atom. The largest absolute Gasteiger partial charge is 0.275 e. The maximum absolute atomic E-state index is 12.3. The van der Waals surface area contributed by atoms with Gasteiger partial charge in [-0.25, -0.2) is 0 Å². The molecule has 2 amide bonds. The average Bonchev–Trinajstić information content (AvgIpc) is 3.41. The highest BCUT2D eigenvalue weighted by molar-refractivity contribution is 6.12. The van der Waals surface area contributed by atoms with Crippen molar-refractivity contribution in [2.45, 2.75) is 51.9 Å². The van der Waals surface area contributed by atoms with Crippen LogP contribution in [0.5, 0.6) is 0 Å². The molecule has 1 aliphatic rings. The molecule has 48 heavy (non-hydrogen) atoms. The third-order valence-corrected chi connectivity index (χ3v) is 5.55. The summed E-state index contributed by atoms with van der Waals surface area (Å²) in [5.74, 6) is 47.1. The Morgan fingerprint density at radius 1 is 0.625 bits per heavy atom. The monoisotopic (exact) mass is 611 g/mol. The normalized spacial score (nSPS) is 8.96. The second kappa shape index (κ2) is 28.0. The highest BCUT2D eigenvalue weighted by Gasteiger charge is 2.27. The van der Waals surface area contributed by atoms with Gasteiger partial charge in [0.05, 0.1) is 5.57 Å². The number of imide groups is 1. The lowest BCUT2D eigenvalue weighted by Gasteiger charge is -2.21. The van der Waals surface area contributed by atoms with E-state index in [1.54, 1.807) is 0 Å². The molecule has 0 saturated carbocycles. The van der Waals surface area contributed by atoms with Crippen molar-refractivity contribution in [3.8, 4) is 119 Å². The molecule has 0 aromatic rings. The summed E-state index contributed by atoms with van der Waals surface area (Å²) >= 11 is 0. The fourth-order valence-corrected chi connectivity index (χ4v) is 3.47. The highest BCUT2D eigenvalue weighted by Crippen LogP contribution is 2.22. The van der Waals surface area contributed by atoms with Gasteiger partial charge in [-0.1, -0.05) is 51.2 Å². The summed E-state index contributed by atoms with van der Waals surface area (Å²) in [7, 11) is 0. The molecule has 0 bridgehead atoms. The van der Waals surface area contributed by atoms with Gasteiger partial charge < -0.3 is 0 Å². The molecule has 0 fully saturated rings. The quantitative estimate of drug-likeness (QED) is 0.153. The van der Waals surface area contributed by atoms with Crippen molar-refractivity contribution in [1.29, 1.82) is 0 Å². The van der Waals surface area contributed by atoms with Crippen molar-refractivity contribution < 1.29 is 9.59 Å². The van der Waals surface area contributed by atoms with Gasteiger partial charge in [0.1, 0.15) is 0 Å². The van der Waals surface area contributed by atoms with Crippen molar-refractivity contribution >= 4 is 11.8 Å². The van der Waals surface area contributed by atoms with E-state index in [1.807, 2.05) is 0 Å². The van der Waals surface area contributed by atoms with Crippen molar-refractivity contribution in [2.75, 3.05) is 6.54 Å². The molecule has 1 heterocycles. The zero-order valence-corrected chi connectivity index (χ0v) is 26.4. The number of hydrogen-bond donors (Lipinski definition) is 0. The van der Waals surface area contributed by atoms with Crippen LogP contribution in [0.3, 0.4) is 0 Å². The lowest BCUT2D eigenvalue weighted by Crippen LogP contribution is -2.35. The van der Waals surface area contributed by atoms with E-state index in [1.165, 1.54) is 23.5 Å². The van der Waals surface area contributed by atoms with Gasteiger partial charge >= 0.3 is 0 Å². The van der Waals surface area contributed by atoms with E-state index in [0.29, 0.717) is 12.0 Å². The Hall–Kier alpha value is -7.76. The van der Waals surface area contributed by atoms with Gasteiger partial charge in [-0.05, 0) is 159 Å². The fourth-order valence-electron chi connectivity index (χ4n) is 3.47. The second-order valence-electron chi connectivity index (χ2n) is 8.86. The van der Waals surface area contributed by atoms with E-state index in [4.69, 9.17) is 6.42 Å². The summed E-state index contributed by atoms with van der Waals surface area (Å²) in [6, 6.07) is 0. The molecule has 0 radical (unpaired) electrons. The predicted molar refractivity (Wildman–Crippen MR) is 187 cm³/mol. The Labute approximate surface area is 284 Å². The van der Waals surface area contributed by atoms with Gasteiger partial charge in [-0.3, -0.25) is 14.5 Å². The summed E-state index contributed by atoms with van der Waals surface area (Å²) in [6.45, 7) is 5.69. The minimum absolute atomic E-state index is 0.149. The number of carbonyl (C=O) groups excluding carboxylic acids is 2. The highest BCUT2D eigenvalue weighted by atomic mass is 16.2. The van der Waals surface area contributed by atoms with Crippen LogP contribution in [-0.2, 0) is 9.59 Å². The first-order valence-corrected chi connectivity index (χ1v) is 14.5. The van der Waals surface area contributed by atoms with Crippen LogP contribution in [0.2, 0.25) is 0 Å². The Balaban J connectivity index is 3.28. The minimum atomic E-state index is -0.365. The van der Waals surface area contributed by atoms with E-state index < -0.39 is 0 Å². The van der Waals surface area contributed by atoms with Crippen molar-refractivity contribution in [1.82, 2.24) is 4.90 Å². The molecule has 0 saturated heterocycles. The predicted octanol–water partition coefficient (Wildman–Crippen LogP) is 4.89. The number of amides is 2. The number of hydrogen-bond acceptors (Lipinski definition) is 2. The second-order valence-corrected chi connectivity index (χ2v) is 8.86. The number of nitrogens with zero attached hydrogens (tertiary/aromatic N) is 1. The van der Waals surface area contributed by atoms with Crippen molar-refractivity contribution in [3.63, 3.8) is 0 Å². The Kier molecular flexibility index (Phi) is 22.4. The van der Waals surface area contributed by atoms with Gasteiger partial charge in [0.25, 0.3) is 11.8 Å². The summed E-state index contributed by atoms with van der Waals surface area (Å²) in [5.41, 5.74) is 24.0. The third kappa shape index (κ3) is 20.2. The van der Waals surface area contributed by atoms with Gasteiger partial charge in [0.2, 0.25) is 0 Å². The molecule has 1 atom stereocenters. The maximum atomic E-state index is 12.3. The first-order chi connectivity index (χ1) is 23.6. The zero-order valence-electron chi connectivity index (χ0n) is 26.4. The Bertz CT molecular complexity index is 2280. The molecule has 3 nitrogen and oxygen atoms in total. The van der Waals surface area contributed by atoms with Gasteiger partial charge in [0, 0.05) is 36.5 Å². The molecule has 0 aromatic heterocycles. The van der Waals surface area contributed by atoms with E-state index in [-0.39, 0.29) is 24.3 Å². The summed E-state index contributed by atoms with van der Waals surface area (Å²) in [5, 5.41) is 0. The smallest absolute Gasteiger partial charge is 0.253 e. The van der Waals surface area contributed by atoms with Gasteiger partial charge in [0.15, 0.2) is 0 Å². The SMILES string of the molecule is C#CC#CC#CC#CC#CC#CC#CC#CC#CC#CC(=C=C=C=C=C=C=C=C=C=C)C(CCCCCCCC)CN1C(=O)C=CC1=O. The lowest BCUT2D eigenvalue weighted by atomic mass is 9.92. The number of terminal acetylenes is 1. The summed E-state index contributed by atoms with van der Waals surface area (Å²) in [4.78, 5) is 25.9. The molecule has 0 aromatic carbocycles. The molecule has 3 heteroatoms. The summed E-state index contributed by atoms with van der Waals surface area (Å²) in [6.07, 6.45) is 14.7. The first-order valence-electron chi connectivity index (χ1n) is 14.5. The molecule has 222 valence electrons. The van der Waals surface area contributed by atoms with Crippen LogP contribution in [0, 0.1) is 125 Å². The van der Waals surface area contributed by atoms with Crippen LogP contribution in [-0.4, -0.2) is 23.3 Å². The number of unbranched alkanes of at least 4 members (excludes halogenated alkanes) is 5. The molecule has 0 N–H and O–H groups in total. The van der Waals surface area contributed by atoms with Crippen molar-refractivity contribution in [3.05, 3.63) is 75.9 Å². The standard InChI is InChI=1S/C45H25NO2/c1-4-7-10-13-16-18-19-20-21-22-23-24-25-26-27-29-32-34-37-42(36-33-31-28-17-14-11-8-5-2)43(38-35-30-15-12-9-6-3)41-46-44(47)39-40-45(46)48/h1,39-40,43H,2,6,9,12,15,30,35,38,41H2,3H3. The lowest BCUT2D eigenvalue weighted by molar-refractivity contribution is -0.137. The average molecular weight is 612 g/mol. The van der Waals surface area contributed by atoms with Crippen LogP contribution in [0.4, 0.5) is 0 Å². The summed E-state index contributed by atoms with van der Waals surface area (Å²) < 4.78 is 0. The van der Waals surface area contributed by atoms with Crippen molar-refractivity contribution in [2.24, 2.45) is 5.92 Å². The van der Waals surface area contributed by atoms with Gasteiger partial charge in [-0.15, -0.1) is 6.42 Å². The topological polar surface area (TPSA) is 37.4 Å². The molecular formula is C45H25NO2. The minimum Gasteiger partial charge on any atom is -0.275 e. The molecule has 0 spiro atoms. The van der Waals surface area contributed by atoms with Crippen LogP contribution in [0.15, 0.2) is 75.9 Å². The van der Waals surface area contributed by atoms with Gasteiger partial charge in [-0.2, -0.15) is 0 Å². The van der Waals surface area contributed by atoms with E-state index in [2.05, 4.69) is 178 Å². The van der Waals surface area contributed by atoms with Crippen LogP contribution in [0.25, 0.3) is 0 Å². The van der Waals surface area contributed by atoms with E-state index in [9.17, 15) is 9.59 Å². The Morgan fingerprint density at radius 2 is 1.06 bits per heavy atom.